The number of hydrogen-bond donors (Lipinski definition) is 0. The van der Waals surface area contributed by atoms with Crippen LogP contribution < -0.4 is 0 Å². The van der Waals surface area contributed by atoms with Crippen molar-refractivity contribution in [2.24, 2.45) is 0 Å². The van der Waals surface area contributed by atoms with Crippen LogP contribution in [-0.2, 0) is 27.6 Å². The summed E-state index contributed by atoms with van der Waals surface area (Å²) >= 11 is 0. The van der Waals surface area contributed by atoms with Crippen molar-refractivity contribution in [1.82, 2.24) is 4.90 Å². The van der Waals surface area contributed by atoms with E-state index in [1.165, 1.54) is 5.56 Å². The Morgan fingerprint density at radius 2 is 1.90 bits per heavy atom. The van der Waals surface area contributed by atoms with E-state index in [2.05, 4.69) is 26.0 Å². The van der Waals surface area contributed by atoms with Crippen molar-refractivity contribution < 1.29 is 17.6 Å². The molecule has 6 heteroatoms. The normalized spacial score (nSPS) is 18.0. The van der Waals surface area contributed by atoms with Gasteiger partial charge in [0.15, 0.2) is 9.84 Å². The molecule has 0 aliphatic carbocycles. The Morgan fingerprint density at radius 3 is 2.55 bits per heavy atom. The number of sulfone groups is 1. The van der Waals surface area contributed by atoms with Crippen molar-refractivity contribution in [2.45, 2.75) is 52.1 Å². The summed E-state index contributed by atoms with van der Waals surface area (Å²) in [7, 11) is -3.10. The van der Waals surface area contributed by atoms with E-state index in [9.17, 15) is 13.2 Å². The van der Waals surface area contributed by atoms with Gasteiger partial charge in [-0.1, -0.05) is 50.2 Å². The molecule has 0 radical (unpaired) electrons. The minimum Gasteiger partial charge on any atom is -0.464 e. The first-order valence-electron chi connectivity index (χ1n) is 10.8. The highest BCUT2D eigenvalue weighted by molar-refractivity contribution is 7.91. The first kappa shape index (κ1) is 21.6. The summed E-state index contributed by atoms with van der Waals surface area (Å²) in [5.74, 6) is 0.540. The highest BCUT2D eigenvalue weighted by Crippen LogP contribution is 2.26. The average molecular weight is 440 g/mol. The molecule has 0 saturated carbocycles. The largest absolute Gasteiger partial charge is 0.464 e. The van der Waals surface area contributed by atoms with Gasteiger partial charge in [0.1, 0.15) is 5.58 Å². The fourth-order valence-corrected chi connectivity index (χ4v) is 5.97. The summed E-state index contributed by atoms with van der Waals surface area (Å²) in [5, 5.41) is 0.930. The molecule has 1 aromatic heterocycles. The van der Waals surface area contributed by atoms with E-state index in [-0.39, 0.29) is 29.9 Å². The minimum atomic E-state index is -3.10. The van der Waals surface area contributed by atoms with Gasteiger partial charge in [-0.15, -0.1) is 0 Å². The van der Waals surface area contributed by atoms with Gasteiger partial charge >= 0.3 is 0 Å². The highest BCUT2D eigenvalue weighted by atomic mass is 32.2. The molecule has 1 saturated heterocycles. The Hall–Kier alpha value is -2.60. The number of carbonyl (C=O) groups excluding carboxylic acids is 1. The van der Waals surface area contributed by atoms with E-state index in [1.54, 1.807) is 11.2 Å². The smallest absolute Gasteiger partial charge is 0.227 e. The van der Waals surface area contributed by atoms with Crippen LogP contribution in [0.15, 0.2) is 53.1 Å². The first-order valence-corrected chi connectivity index (χ1v) is 12.6. The molecule has 5 nitrogen and oxygen atoms in total. The van der Waals surface area contributed by atoms with E-state index < -0.39 is 9.84 Å². The van der Waals surface area contributed by atoms with Crippen LogP contribution >= 0.6 is 0 Å². The lowest BCUT2D eigenvalue weighted by Crippen LogP contribution is -2.41. The zero-order valence-electron chi connectivity index (χ0n) is 18.3. The third-order valence-corrected chi connectivity index (χ3v) is 7.87. The summed E-state index contributed by atoms with van der Waals surface area (Å²) in [5.41, 5.74) is 4.95. The number of nitrogens with zero attached hydrogens (tertiary/aromatic N) is 1. The molecule has 0 spiro atoms. The number of benzene rings is 2. The molecule has 3 aromatic rings. The molecule has 1 amide bonds. The number of furan rings is 1. The van der Waals surface area contributed by atoms with Crippen molar-refractivity contribution in [2.75, 3.05) is 11.5 Å². The maximum Gasteiger partial charge on any atom is 0.227 e. The zero-order chi connectivity index (χ0) is 22.2. The third-order valence-electron chi connectivity index (χ3n) is 6.12. The molecule has 1 atom stereocenters. The maximum absolute atomic E-state index is 13.4. The van der Waals surface area contributed by atoms with Gasteiger partial charge in [0.05, 0.1) is 24.2 Å². The lowest BCUT2D eigenvalue weighted by atomic mass is 10.0. The molecule has 1 unspecified atom stereocenters. The molecule has 1 aliphatic rings. The number of aryl methyl sites for hydroxylation is 1. The summed E-state index contributed by atoms with van der Waals surface area (Å²) < 4.78 is 29.9. The van der Waals surface area contributed by atoms with E-state index in [4.69, 9.17) is 4.42 Å². The number of rotatable bonds is 6. The van der Waals surface area contributed by atoms with Gasteiger partial charge in [-0.2, -0.15) is 0 Å². The predicted octanol–water partition coefficient (Wildman–Crippen LogP) is 4.62. The van der Waals surface area contributed by atoms with Crippen LogP contribution in [0.3, 0.4) is 0 Å². The molecule has 1 fully saturated rings. The summed E-state index contributed by atoms with van der Waals surface area (Å²) in [6, 6.07) is 13.9. The monoisotopic (exact) mass is 439 g/mol. The Bertz CT molecular complexity index is 1190. The van der Waals surface area contributed by atoms with Gasteiger partial charge < -0.3 is 9.32 Å². The average Bonchev–Trinajstić information content (AvgIpc) is 3.28. The van der Waals surface area contributed by atoms with Gasteiger partial charge in [-0.25, -0.2) is 8.42 Å². The molecule has 31 heavy (non-hydrogen) atoms. The van der Waals surface area contributed by atoms with Crippen molar-refractivity contribution in [3.8, 4) is 0 Å². The lowest BCUT2D eigenvalue weighted by molar-refractivity contribution is -0.133. The fourth-order valence-electron chi connectivity index (χ4n) is 4.24. The molecule has 164 valence electrons. The second-order valence-corrected chi connectivity index (χ2v) is 11.1. The number of fused-ring (bicyclic) bond motifs is 1. The van der Waals surface area contributed by atoms with Crippen LogP contribution in [0.25, 0.3) is 11.0 Å². The Labute approximate surface area is 184 Å². The Kier molecular flexibility index (Phi) is 5.93. The SMILES string of the molecule is Cc1ccc2c(CC(=O)N(Cc3ccc(C(C)C)cc3)C3CCS(=O)(=O)C3)coc2c1. The molecule has 1 aliphatic heterocycles. The molecule has 4 rings (SSSR count). The van der Waals surface area contributed by atoms with Gasteiger partial charge in [-0.05, 0) is 42.0 Å². The summed E-state index contributed by atoms with van der Waals surface area (Å²) in [6.07, 6.45) is 2.32. The highest BCUT2D eigenvalue weighted by Gasteiger charge is 2.34. The molecule has 0 N–H and O–H groups in total. The second kappa shape index (κ2) is 8.50. The molecule has 2 heterocycles. The Morgan fingerprint density at radius 1 is 1.16 bits per heavy atom. The fraction of sp³-hybridized carbons (Fsp3) is 0.400. The van der Waals surface area contributed by atoms with Crippen LogP contribution in [0.4, 0.5) is 0 Å². The summed E-state index contributed by atoms with van der Waals surface area (Å²) in [6.45, 7) is 6.70. The number of amides is 1. The van der Waals surface area contributed by atoms with Gasteiger partial charge in [0, 0.05) is 23.5 Å². The Balaban J connectivity index is 1.59. The quantitative estimate of drug-likeness (QED) is 0.562. The van der Waals surface area contributed by atoms with Crippen LogP contribution in [0, 0.1) is 6.92 Å². The number of carbonyl (C=O) groups is 1. The number of hydrogen-bond acceptors (Lipinski definition) is 4. The zero-order valence-corrected chi connectivity index (χ0v) is 19.1. The van der Waals surface area contributed by atoms with E-state index >= 15 is 0 Å². The van der Waals surface area contributed by atoms with Gasteiger partial charge in [0.2, 0.25) is 5.91 Å². The predicted molar refractivity (Wildman–Crippen MR) is 123 cm³/mol. The third kappa shape index (κ3) is 4.85. The van der Waals surface area contributed by atoms with E-state index in [1.807, 2.05) is 37.3 Å². The first-order chi connectivity index (χ1) is 14.7. The van der Waals surface area contributed by atoms with Crippen molar-refractivity contribution in [3.05, 3.63) is 71.0 Å². The molecule has 2 aromatic carbocycles. The molecular formula is C25H29NO4S. The standard InChI is InChI=1S/C25H29NO4S/c1-17(2)20-7-5-19(6-8-20)14-26(22-10-11-31(28,29)16-22)25(27)13-21-15-30-24-12-18(3)4-9-23(21)24/h4-9,12,15,17,22H,10-11,13-14,16H2,1-3H3. The maximum atomic E-state index is 13.4. The van der Waals surface area contributed by atoms with Crippen molar-refractivity contribution in [1.29, 1.82) is 0 Å². The van der Waals surface area contributed by atoms with Crippen LogP contribution in [0.1, 0.15) is 48.4 Å². The van der Waals surface area contributed by atoms with Crippen LogP contribution in [-0.4, -0.2) is 36.8 Å². The van der Waals surface area contributed by atoms with Crippen molar-refractivity contribution >= 4 is 26.7 Å². The van der Waals surface area contributed by atoms with E-state index in [0.717, 1.165) is 27.7 Å². The van der Waals surface area contributed by atoms with E-state index in [0.29, 0.717) is 18.9 Å². The minimum absolute atomic E-state index is 0.0359. The second-order valence-electron chi connectivity index (χ2n) is 8.91. The summed E-state index contributed by atoms with van der Waals surface area (Å²) in [4.78, 5) is 15.1. The van der Waals surface area contributed by atoms with Crippen LogP contribution in [0.2, 0.25) is 0 Å². The van der Waals surface area contributed by atoms with Gasteiger partial charge in [-0.3, -0.25) is 4.79 Å². The lowest BCUT2D eigenvalue weighted by Gasteiger charge is -2.28. The topological polar surface area (TPSA) is 67.6 Å². The van der Waals surface area contributed by atoms with Crippen LogP contribution in [0.5, 0.6) is 0 Å². The van der Waals surface area contributed by atoms with Crippen molar-refractivity contribution in [3.63, 3.8) is 0 Å². The molecule has 0 bridgehead atoms. The van der Waals surface area contributed by atoms with Gasteiger partial charge in [0.25, 0.3) is 0 Å². The molecular weight excluding hydrogens is 410 g/mol.